The zero-order valence-electron chi connectivity index (χ0n) is 14.6. The first-order chi connectivity index (χ1) is 11.7. The Morgan fingerprint density at radius 3 is 2.71 bits per heavy atom. The number of hydrogen-bond acceptors (Lipinski definition) is 3. The van der Waals surface area contributed by atoms with Gasteiger partial charge in [-0.2, -0.15) is 0 Å². The van der Waals surface area contributed by atoms with Crippen molar-refractivity contribution in [3.63, 3.8) is 0 Å². The van der Waals surface area contributed by atoms with E-state index in [4.69, 9.17) is 9.47 Å². The smallest absolute Gasteiger partial charge is 0.132 e. The van der Waals surface area contributed by atoms with Gasteiger partial charge in [0.15, 0.2) is 0 Å². The molecular weight excluding hydrogens is 316 g/mol. The summed E-state index contributed by atoms with van der Waals surface area (Å²) in [6.07, 6.45) is 3.40. The third kappa shape index (κ3) is 4.14. The van der Waals surface area contributed by atoms with Gasteiger partial charge in [0.1, 0.15) is 5.75 Å². The van der Waals surface area contributed by atoms with Gasteiger partial charge in [0.25, 0.3) is 0 Å². The molecule has 1 aliphatic heterocycles. The molecule has 2 aromatic rings. The van der Waals surface area contributed by atoms with Crippen molar-refractivity contribution in [2.45, 2.75) is 42.2 Å². The number of ether oxygens (including phenoxy) is 2. The summed E-state index contributed by atoms with van der Waals surface area (Å²) in [5.41, 5.74) is 2.94. The standard InChI is InChI=1S/C21H26O2S/c1-21(11-6-13-23-14-12-21)18-9-10-19(22-2)20(15-18)24-16-17-7-4-3-5-8-17/h3-5,7-10,15H,6,11-14,16H2,1-2H3. The van der Waals surface area contributed by atoms with E-state index in [0.717, 1.165) is 37.6 Å². The lowest BCUT2D eigenvalue weighted by atomic mass is 9.76. The van der Waals surface area contributed by atoms with E-state index in [0.29, 0.717) is 0 Å². The van der Waals surface area contributed by atoms with Gasteiger partial charge in [-0.15, -0.1) is 11.8 Å². The average Bonchev–Trinajstić information content (AvgIpc) is 2.86. The Hall–Kier alpha value is -1.45. The Bertz CT molecular complexity index is 646. The van der Waals surface area contributed by atoms with Crippen molar-refractivity contribution in [1.29, 1.82) is 0 Å². The number of thioether (sulfide) groups is 1. The molecule has 0 radical (unpaired) electrons. The maximum absolute atomic E-state index is 5.66. The summed E-state index contributed by atoms with van der Waals surface area (Å²) in [6, 6.07) is 17.3. The molecule has 1 unspecified atom stereocenters. The molecule has 3 rings (SSSR count). The second-order valence-electron chi connectivity index (χ2n) is 6.67. The van der Waals surface area contributed by atoms with E-state index in [9.17, 15) is 0 Å². The summed E-state index contributed by atoms with van der Waals surface area (Å²) in [6.45, 7) is 4.12. The summed E-state index contributed by atoms with van der Waals surface area (Å²) >= 11 is 1.85. The van der Waals surface area contributed by atoms with E-state index >= 15 is 0 Å². The molecule has 0 aliphatic carbocycles. The molecule has 0 N–H and O–H groups in total. The second-order valence-corrected chi connectivity index (χ2v) is 7.68. The van der Waals surface area contributed by atoms with E-state index in [2.05, 4.69) is 55.5 Å². The first-order valence-electron chi connectivity index (χ1n) is 8.64. The quantitative estimate of drug-likeness (QED) is 0.674. The van der Waals surface area contributed by atoms with E-state index in [1.807, 2.05) is 11.8 Å². The average molecular weight is 343 g/mol. The van der Waals surface area contributed by atoms with Crippen LogP contribution in [-0.4, -0.2) is 20.3 Å². The summed E-state index contributed by atoms with van der Waals surface area (Å²) in [4.78, 5) is 1.23. The van der Waals surface area contributed by atoms with Gasteiger partial charge in [-0.05, 0) is 47.9 Å². The predicted molar refractivity (Wildman–Crippen MR) is 101 cm³/mol. The van der Waals surface area contributed by atoms with Gasteiger partial charge in [-0.1, -0.05) is 43.3 Å². The largest absolute Gasteiger partial charge is 0.496 e. The number of rotatable bonds is 5. The summed E-state index contributed by atoms with van der Waals surface area (Å²) in [5, 5.41) is 0. The van der Waals surface area contributed by atoms with Crippen molar-refractivity contribution in [3.05, 3.63) is 59.7 Å². The van der Waals surface area contributed by atoms with Crippen LogP contribution in [0.15, 0.2) is 53.4 Å². The molecule has 1 aliphatic rings. The fourth-order valence-corrected chi connectivity index (χ4v) is 4.30. The Morgan fingerprint density at radius 1 is 1.08 bits per heavy atom. The molecule has 1 heterocycles. The highest BCUT2D eigenvalue weighted by Crippen LogP contribution is 2.40. The zero-order valence-corrected chi connectivity index (χ0v) is 15.4. The molecule has 0 saturated carbocycles. The Morgan fingerprint density at radius 2 is 1.92 bits per heavy atom. The van der Waals surface area contributed by atoms with Gasteiger partial charge in [0, 0.05) is 23.9 Å². The Labute approximate surface area is 149 Å². The third-order valence-electron chi connectivity index (χ3n) is 4.91. The van der Waals surface area contributed by atoms with Crippen LogP contribution in [0.1, 0.15) is 37.3 Å². The minimum Gasteiger partial charge on any atom is -0.496 e. The Balaban J connectivity index is 1.82. The molecule has 24 heavy (non-hydrogen) atoms. The Kier molecular flexibility index (Phi) is 5.85. The van der Waals surface area contributed by atoms with Gasteiger partial charge in [0.05, 0.1) is 7.11 Å². The zero-order chi connectivity index (χ0) is 16.8. The van der Waals surface area contributed by atoms with Gasteiger partial charge in [-0.25, -0.2) is 0 Å². The van der Waals surface area contributed by atoms with Gasteiger partial charge in [-0.3, -0.25) is 0 Å². The monoisotopic (exact) mass is 342 g/mol. The van der Waals surface area contributed by atoms with Crippen LogP contribution in [0.3, 0.4) is 0 Å². The molecule has 1 atom stereocenters. The van der Waals surface area contributed by atoms with Gasteiger partial charge in [0.2, 0.25) is 0 Å². The summed E-state index contributed by atoms with van der Waals surface area (Å²) in [5.74, 6) is 1.92. The fourth-order valence-electron chi connectivity index (χ4n) is 3.28. The SMILES string of the molecule is COc1ccc(C2(C)CCCOCC2)cc1SCc1ccccc1. The lowest BCUT2D eigenvalue weighted by Crippen LogP contribution is -2.22. The molecule has 2 aromatic carbocycles. The lowest BCUT2D eigenvalue weighted by molar-refractivity contribution is 0.140. The topological polar surface area (TPSA) is 18.5 Å². The van der Waals surface area contributed by atoms with Gasteiger partial charge < -0.3 is 9.47 Å². The predicted octanol–water partition coefficient (Wildman–Crippen LogP) is 5.45. The maximum atomic E-state index is 5.66. The first kappa shape index (κ1) is 17.4. The lowest BCUT2D eigenvalue weighted by Gasteiger charge is -2.29. The normalized spacial score (nSPS) is 21.2. The van der Waals surface area contributed by atoms with Crippen LogP contribution in [0.4, 0.5) is 0 Å². The second kappa shape index (κ2) is 8.09. The van der Waals surface area contributed by atoms with Crippen molar-refractivity contribution < 1.29 is 9.47 Å². The van der Waals surface area contributed by atoms with Gasteiger partial charge >= 0.3 is 0 Å². The van der Waals surface area contributed by atoms with Crippen molar-refractivity contribution in [2.24, 2.45) is 0 Å². The van der Waals surface area contributed by atoms with Crippen LogP contribution in [0.25, 0.3) is 0 Å². The highest BCUT2D eigenvalue weighted by molar-refractivity contribution is 7.98. The van der Waals surface area contributed by atoms with E-state index in [-0.39, 0.29) is 5.41 Å². The molecule has 2 nitrogen and oxygen atoms in total. The van der Waals surface area contributed by atoms with E-state index < -0.39 is 0 Å². The molecule has 1 saturated heterocycles. The van der Waals surface area contributed by atoms with Crippen LogP contribution in [0.5, 0.6) is 5.75 Å². The molecule has 0 spiro atoms. The van der Waals surface area contributed by atoms with Crippen LogP contribution < -0.4 is 4.74 Å². The van der Waals surface area contributed by atoms with Crippen molar-refractivity contribution in [3.8, 4) is 5.75 Å². The third-order valence-corrected chi connectivity index (χ3v) is 6.02. The highest BCUT2D eigenvalue weighted by Gasteiger charge is 2.28. The molecular formula is C21H26O2S. The molecule has 0 bridgehead atoms. The summed E-state index contributed by atoms with van der Waals surface area (Å²) < 4.78 is 11.3. The number of methoxy groups -OCH3 is 1. The first-order valence-corrected chi connectivity index (χ1v) is 9.63. The number of benzene rings is 2. The van der Waals surface area contributed by atoms with Crippen molar-refractivity contribution >= 4 is 11.8 Å². The summed E-state index contributed by atoms with van der Waals surface area (Å²) in [7, 11) is 1.75. The van der Waals surface area contributed by atoms with Crippen LogP contribution >= 0.6 is 11.8 Å². The molecule has 128 valence electrons. The van der Waals surface area contributed by atoms with E-state index in [1.165, 1.54) is 22.4 Å². The highest BCUT2D eigenvalue weighted by atomic mass is 32.2. The molecule has 0 amide bonds. The van der Waals surface area contributed by atoms with Crippen LogP contribution in [0, 0.1) is 0 Å². The van der Waals surface area contributed by atoms with Crippen molar-refractivity contribution in [1.82, 2.24) is 0 Å². The fraction of sp³-hybridized carbons (Fsp3) is 0.429. The van der Waals surface area contributed by atoms with E-state index in [1.54, 1.807) is 7.11 Å². The molecule has 0 aromatic heterocycles. The van der Waals surface area contributed by atoms with Crippen molar-refractivity contribution in [2.75, 3.05) is 20.3 Å². The number of hydrogen-bond donors (Lipinski definition) is 0. The molecule has 1 fully saturated rings. The maximum Gasteiger partial charge on any atom is 0.132 e. The minimum atomic E-state index is 0.199. The van der Waals surface area contributed by atoms with Crippen LogP contribution in [-0.2, 0) is 15.9 Å². The minimum absolute atomic E-state index is 0.199. The van der Waals surface area contributed by atoms with Crippen LogP contribution in [0.2, 0.25) is 0 Å². The molecule has 3 heteroatoms.